The summed E-state index contributed by atoms with van der Waals surface area (Å²) in [5.41, 5.74) is 7.46. The minimum Gasteiger partial charge on any atom is -0.489 e. The molecule has 1 unspecified atom stereocenters. The second kappa shape index (κ2) is 4.94. The summed E-state index contributed by atoms with van der Waals surface area (Å²) in [6, 6.07) is 13.9. The lowest BCUT2D eigenvalue weighted by atomic mass is 10.1. The van der Waals surface area contributed by atoms with E-state index in [1.54, 1.807) is 0 Å². The van der Waals surface area contributed by atoms with Crippen molar-refractivity contribution in [2.45, 2.75) is 19.4 Å². The van der Waals surface area contributed by atoms with Crippen LogP contribution in [0.4, 0.5) is 0 Å². The third-order valence-corrected chi connectivity index (χ3v) is 3.37. The van der Waals surface area contributed by atoms with E-state index in [1.807, 2.05) is 36.4 Å². The Morgan fingerprint density at radius 3 is 2.68 bits per heavy atom. The molecule has 0 spiro atoms. The highest BCUT2D eigenvalue weighted by Gasteiger charge is 2.10. The molecular formula is C16H17NO2. The van der Waals surface area contributed by atoms with Crippen molar-refractivity contribution in [2.24, 2.45) is 5.73 Å². The van der Waals surface area contributed by atoms with Crippen LogP contribution < -0.4 is 10.5 Å². The summed E-state index contributed by atoms with van der Waals surface area (Å²) in [6.45, 7) is 2.60. The Labute approximate surface area is 112 Å². The summed E-state index contributed by atoms with van der Waals surface area (Å²) in [6.07, 6.45) is 0.969. The van der Waals surface area contributed by atoms with Crippen molar-refractivity contribution in [3.63, 3.8) is 0 Å². The van der Waals surface area contributed by atoms with Crippen LogP contribution in [0.25, 0.3) is 21.9 Å². The molecule has 1 atom stereocenters. The molecule has 1 heterocycles. The number of furan rings is 1. The highest BCUT2D eigenvalue weighted by molar-refractivity contribution is 6.05. The molecule has 0 bridgehead atoms. The molecule has 98 valence electrons. The predicted octanol–water partition coefficient (Wildman–Crippen LogP) is 3.70. The van der Waals surface area contributed by atoms with Crippen LogP contribution in [0.3, 0.4) is 0 Å². The number of fused-ring (bicyclic) bond motifs is 3. The van der Waals surface area contributed by atoms with Gasteiger partial charge in [-0.1, -0.05) is 25.1 Å². The number of benzene rings is 2. The average molecular weight is 255 g/mol. The first-order chi connectivity index (χ1) is 9.31. The maximum atomic E-state index is 5.87. The minimum atomic E-state index is 0.0654. The second-order valence-corrected chi connectivity index (χ2v) is 4.64. The topological polar surface area (TPSA) is 48.4 Å². The first-order valence-electron chi connectivity index (χ1n) is 6.60. The van der Waals surface area contributed by atoms with Gasteiger partial charge in [-0.25, -0.2) is 0 Å². The number of rotatable bonds is 4. The number of hydrogen-bond donors (Lipinski definition) is 1. The van der Waals surface area contributed by atoms with Gasteiger partial charge in [0.15, 0.2) is 0 Å². The molecular weight excluding hydrogens is 238 g/mol. The Balaban J connectivity index is 2.06. The minimum absolute atomic E-state index is 0.0654. The van der Waals surface area contributed by atoms with Gasteiger partial charge in [0.05, 0.1) is 0 Å². The lowest BCUT2D eigenvalue weighted by molar-refractivity contribution is 0.205. The highest BCUT2D eigenvalue weighted by atomic mass is 16.5. The number of nitrogens with two attached hydrogens (primary N) is 1. The van der Waals surface area contributed by atoms with Crippen molar-refractivity contribution in [3.05, 3.63) is 42.5 Å². The number of hydrogen-bond acceptors (Lipinski definition) is 3. The highest BCUT2D eigenvalue weighted by Crippen LogP contribution is 2.31. The normalized spacial score (nSPS) is 12.9. The van der Waals surface area contributed by atoms with Crippen molar-refractivity contribution in [1.82, 2.24) is 0 Å². The molecule has 0 aliphatic heterocycles. The molecule has 0 fully saturated rings. The number of para-hydroxylation sites is 1. The Kier molecular flexibility index (Phi) is 3.13. The van der Waals surface area contributed by atoms with Crippen LogP contribution >= 0.6 is 0 Å². The van der Waals surface area contributed by atoms with Gasteiger partial charge >= 0.3 is 0 Å². The SMILES string of the molecule is CCC(CN)Oc1ccc2oc3ccccc3c2c1. The summed E-state index contributed by atoms with van der Waals surface area (Å²) >= 11 is 0. The Morgan fingerprint density at radius 2 is 1.89 bits per heavy atom. The molecule has 0 aliphatic carbocycles. The zero-order valence-corrected chi connectivity index (χ0v) is 10.9. The van der Waals surface area contributed by atoms with Crippen LogP contribution in [0.1, 0.15) is 13.3 Å². The van der Waals surface area contributed by atoms with Crippen LogP contribution in [-0.2, 0) is 0 Å². The fraction of sp³-hybridized carbons (Fsp3) is 0.250. The molecule has 3 aromatic rings. The average Bonchev–Trinajstić information content (AvgIpc) is 2.82. The number of ether oxygens (including phenoxy) is 1. The Bertz CT molecular complexity index is 698. The fourth-order valence-corrected chi connectivity index (χ4v) is 2.27. The van der Waals surface area contributed by atoms with Gasteiger partial charge in [0.1, 0.15) is 23.0 Å². The predicted molar refractivity (Wildman–Crippen MR) is 77.5 cm³/mol. The second-order valence-electron chi connectivity index (χ2n) is 4.64. The summed E-state index contributed by atoms with van der Waals surface area (Å²) in [5.74, 6) is 0.844. The van der Waals surface area contributed by atoms with Gasteiger partial charge in [-0.3, -0.25) is 0 Å². The maximum absolute atomic E-state index is 5.87. The summed E-state index contributed by atoms with van der Waals surface area (Å²) in [4.78, 5) is 0. The van der Waals surface area contributed by atoms with Gasteiger partial charge in [-0.15, -0.1) is 0 Å². The third kappa shape index (κ3) is 2.17. The zero-order chi connectivity index (χ0) is 13.2. The van der Waals surface area contributed by atoms with Crippen LogP contribution in [-0.4, -0.2) is 12.6 Å². The van der Waals surface area contributed by atoms with Gasteiger partial charge in [-0.2, -0.15) is 0 Å². The lowest BCUT2D eigenvalue weighted by Gasteiger charge is -2.15. The van der Waals surface area contributed by atoms with Crippen molar-refractivity contribution < 1.29 is 9.15 Å². The molecule has 0 radical (unpaired) electrons. The molecule has 3 rings (SSSR count). The van der Waals surface area contributed by atoms with E-state index in [4.69, 9.17) is 14.9 Å². The van der Waals surface area contributed by atoms with Crippen LogP contribution in [0.15, 0.2) is 46.9 Å². The lowest BCUT2D eigenvalue weighted by Crippen LogP contribution is -2.25. The van der Waals surface area contributed by atoms with Crippen LogP contribution in [0, 0.1) is 0 Å². The molecule has 3 nitrogen and oxygen atoms in total. The van der Waals surface area contributed by atoms with Gasteiger partial charge in [0.25, 0.3) is 0 Å². The van der Waals surface area contributed by atoms with E-state index < -0.39 is 0 Å². The molecule has 0 amide bonds. The Hall–Kier alpha value is -2.00. The van der Waals surface area contributed by atoms with Gasteiger partial charge in [0, 0.05) is 17.3 Å². The van der Waals surface area contributed by atoms with E-state index >= 15 is 0 Å². The monoisotopic (exact) mass is 255 g/mol. The zero-order valence-electron chi connectivity index (χ0n) is 10.9. The molecule has 0 saturated carbocycles. The fourth-order valence-electron chi connectivity index (χ4n) is 2.27. The summed E-state index contributed by atoms with van der Waals surface area (Å²) in [5, 5.41) is 2.20. The standard InChI is InChI=1S/C16H17NO2/c1-2-11(10-17)18-12-7-8-16-14(9-12)13-5-3-4-6-15(13)19-16/h3-9,11H,2,10,17H2,1H3. The molecule has 2 aromatic carbocycles. The van der Waals surface area contributed by atoms with Crippen LogP contribution in [0.5, 0.6) is 5.75 Å². The van der Waals surface area contributed by atoms with Crippen molar-refractivity contribution >= 4 is 21.9 Å². The van der Waals surface area contributed by atoms with E-state index in [1.165, 1.54) is 0 Å². The first-order valence-corrected chi connectivity index (χ1v) is 6.60. The molecule has 19 heavy (non-hydrogen) atoms. The van der Waals surface area contributed by atoms with Crippen LogP contribution in [0.2, 0.25) is 0 Å². The molecule has 2 N–H and O–H groups in total. The third-order valence-electron chi connectivity index (χ3n) is 3.37. The van der Waals surface area contributed by atoms with E-state index in [2.05, 4.69) is 13.0 Å². The Morgan fingerprint density at radius 1 is 1.11 bits per heavy atom. The molecule has 1 aromatic heterocycles. The summed E-state index contributed by atoms with van der Waals surface area (Å²) in [7, 11) is 0. The summed E-state index contributed by atoms with van der Waals surface area (Å²) < 4.78 is 11.7. The van der Waals surface area contributed by atoms with Gasteiger partial charge < -0.3 is 14.9 Å². The maximum Gasteiger partial charge on any atom is 0.135 e. The van der Waals surface area contributed by atoms with E-state index in [9.17, 15) is 0 Å². The van der Waals surface area contributed by atoms with E-state index in [0.717, 1.165) is 34.1 Å². The molecule has 3 heteroatoms. The van der Waals surface area contributed by atoms with Crippen molar-refractivity contribution in [1.29, 1.82) is 0 Å². The molecule has 0 saturated heterocycles. The first kappa shape index (κ1) is 12.1. The van der Waals surface area contributed by atoms with Crippen molar-refractivity contribution in [2.75, 3.05) is 6.54 Å². The quantitative estimate of drug-likeness (QED) is 0.773. The van der Waals surface area contributed by atoms with Crippen molar-refractivity contribution in [3.8, 4) is 5.75 Å². The van der Waals surface area contributed by atoms with Gasteiger partial charge in [-0.05, 0) is 30.7 Å². The smallest absolute Gasteiger partial charge is 0.135 e. The van der Waals surface area contributed by atoms with E-state index in [-0.39, 0.29) is 6.10 Å². The largest absolute Gasteiger partial charge is 0.489 e. The van der Waals surface area contributed by atoms with E-state index in [0.29, 0.717) is 6.54 Å². The van der Waals surface area contributed by atoms with Gasteiger partial charge in [0.2, 0.25) is 0 Å². The molecule has 0 aliphatic rings.